The quantitative estimate of drug-likeness (QED) is 0.941. The van der Waals surface area contributed by atoms with Crippen LogP contribution in [-0.4, -0.2) is 24.0 Å². The van der Waals surface area contributed by atoms with Gasteiger partial charge in [0.25, 0.3) is 0 Å². The number of nitrogens with zero attached hydrogens (tertiary/aromatic N) is 2. The third-order valence-corrected chi connectivity index (χ3v) is 5.44. The molecule has 2 aliphatic rings. The molecule has 1 amide bonds. The lowest BCUT2D eigenvalue weighted by Crippen LogP contribution is -2.38. The average Bonchev–Trinajstić information content (AvgIpc) is 3.43. The highest BCUT2D eigenvalue weighted by Gasteiger charge is 2.39. The molecule has 1 aliphatic heterocycles. The van der Waals surface area contributed by atoms with E-state index < -0.39 is 0 Å². The fourth-order valence-electron chi connectivity index (χ4n) is 3.83. The van der Waals surface area contributed by atoms with E-state index in [1.54, 1.807) is 0 Å². The summed E-state index contributed by atoms with van der Waals surface area (Å²) in [5.74, 6) is 2.12. The Hall–Kier alpha value is -2.36. The summed E-state index contributed by atoms with van der Waals surface area (Å²) in [6.45, 7) is 1.71. The molecule has 1 aromatic heterocycles. The maximum absolute atomic E-state index is 11.3. The van der Waals surface area contributed by atoms with Crippen LogP contribution in [0.4, 0.5) is 5.82 Å². The maximum Gasteiger partial charge on any atom is 0.220 e. The van der Waals surface area contributed by atoms with Crippen LogP contribution in [0.25, 0.3) is 0 Å². The second-order valence-corrected chi connectivity index (χ2v) is 6.97. The molecule has 1 saturated heterocycles. The van der Waals surface area contributed by atoms with E-state index in [0.29, 0.717) is 11.8 Å². The second-order valence-electron chi connectivity index (χ2n) is 6.97. The number of nitrogens with two attached hydrogens (primary N) is 1. The standard InChI is InChI=1S/C20H23N3O/c21-20(24)15-8-10-23(11-9-15)19-7-6-16(13-22-19)18-12-17(18)14-4-2-1-3-5-14/h1-7,13,15,17-18H,8-12H2,(H2,21,24)/t17-,18-/m0/s1. The van der Waals surface area contributed by atoms with Crippen LogP contribution in [0.2, 0.25) is 0 Å². The number of rotatable bonds is 4. The number of primary amides is 1. The van der Waals surface area contributed by atoms with Crippen LogP contribution < -0.4 is 10.6 Å². The van der Waals surface area contributed by atoms with Crippen molar-refractivity contribution in [3.63, 3.8) is 0 Å². The Balaban J connectivity index is 1.39. The topological polar surface area (TPSA) is 59.2 Å². The Kier molecular flexibility index (Phi) is 3.97. The predicted octanol–water partition coefficient (Wildman–Crippen LogP) is 3.05. The molecule has 4 rings (SSSR count). The summed E-state index contributed by atoms with van der Waals surface area (Å²) in [4.78, 5) is 18.2. The molecule has 0 spiro atoms. The lowest BCUT2D eigenvalue weighted by Gasteiger charge is -2.31. The zero-order valence-corrected chi connectivity index (χ0v) is 13.8. The van der Waals surface area contributed by atoms with Gasteiger partial charge in [-0.15, -0.1) is 0 Å². The number of amides is 1. The Morgan fingerprint density at radius 1 is 1.00 bits per heavy atom. The van der Waals surface area contributed by atoms with Crippen molar-refractivity contribution < 1.29 is 4.79 Å². The molecule has 0 bridgehead atoms. The minimum absolute atomic E-state index is 0.0265. The van der Waals surface area contributed by atoms with E-state index in [0.717, 1.165) is 31.7 Å². The van der Waals surface area contributed by atoms with Crippen LogP contribution in [0.3, 0.4) is 0 Å². The first-order chi connectivity index (χ1) is 11.7. The smallest absolute Gasteiger partial charge is 0.220 e. The lowest BCUT2D eigenvalue weighted by molar-refractivity contribution is -0.122. The van der Waals surface area contributed by atoms with Gasteiger partial charge in [-0.1, -0.05) is 36.4 Å². The summed E-state index contributed by atoms with van der Waals surface area (Å²) < 4.78 is 0. The number of hydrogen-bond donors (Lipinski definition) is 1. The normalized spacial score (nSPS) is 23.9. The predicted molar refractivity (Wildman–Crippen MR) is 94.9 cm³/mol. The monoisotopic (exact) mass is 321 g/mol. The van der Waals surface area contributed by atoms with Gasteiger partial charge < -0.3 is 10.6 Å². The van der Waals surface area contributed by atoms with Gasteiger partial charge in [0, 0.05) is 25.2 Å². The van der Waals surface area contributed by atoms with Gasteiger partial charge in [-0.05, 0) is 48.3 Å². The van der Waals surface area contributed by atoms with Crippen molar-refractivity contribution in [1.82, 2.24) is 4.98 Å². The molecule has 1 aromatic carbocycles. The molecule has 4 heteroatoms. The van der Waals surface area contributed by atoms with Gasteiger partial charge in [0.1, 0.15) is 5.82 Å². The van der Waals surface area contributed by atoms with Gasteiger partial charge >= 0.3 is 0 Å². The molecule has 2 fully saturated rings. The first kappa shape index (κ1) is 15.2. The van der Waals surface area contributed by atoms with E-state index in [-0.39, 0.29) is 11.8 Å². The Morgan fingerprint density at radius 3 is 2.33 bits per heavy atom. The molecule has 2 N–H and O–H groups in total. The third-order valence-electron chi connectivity index (χ3n) is 5.44. The number of pyridine rings is 1. The van der Waals surface area contributed by atoms with Crippen LogP contribution in [0.5, 0.6) is 0 Å². The fourth-order valence-corrected chi connectivity index (χ4v) is 3.83. The van der Waals surface area contributed by atoms with Crippen molar-refractivity contribution in [3.05, 3.63) is 59.8 Å². The van der Waals surface area contributed by atoms with Crippen molar-refractivity contribution in [1.29, 1.82) is 0 Å². The summed E-state index contributed by atoms with van der Waals surface area (Å²) in [6.07, 6.45) is 4.91. The first-order valence-electron chi connectivity index (χ1n) is 8.77. The maximum atomic E-state index is 11.3. The number of carbonyl (C=O) groups excluding carboxylic acids is 1. The van der Waals surface area contributed by atoms with E-state index in [1.165, 1.54) is 17.5 Å². The highest BCUT2D eigenvalue weighted by molar-refractivity contribution is 5.77. The zero-order chi connectivity index (χ0) is 16.5. The van der Waals surface area contributed by atoms with Crippen molar-refractivity contribution in [2.45, 2.75) is 31.1 Å². The van der Waals surface area contributed by atoms with Crippen molar-refractivity contribution in [3.8, 4) is 0 Å². The summed E-state index contributed by atoms with van der Waals surface area (Å²) in [5.41, 5.74) is 8.16. The molecule has 2 aromatic rings. The average molecular weight is 321 g/mol. The molecule has 1 saturated carbocycles. The number of hydrogen-bond acceptors (Lipinski definition) is 3. The number of anilines is 1. The van der Waals surface area contributed by atoms with E-state index in [2.05, 4.69) is 52.3 Å². The largest absolute Gasteiger partial charge is 0.369 e. The molecule has 4 nitrogen and oxygen atoms in total. The first-order valence-corrected chi connectivity index (χ1v) is 8.77. The fraction of sp³-hybridized carbons (Fsp3) is 0.400. The summed E-state index contributed by atoms with van der Waals surface area (Å²) in [5, 5.41) is 0. The Labute approximate surface area is 142 Å². The van der Waals surface area contributed by atoms with Crippen LogP contribution in [0.1, 0.15) is 42.2 Å². The van der Waals surface area contributed by atoms with Crippen molar-refractivity contribution in [2.75, 3.05) is 18.0 Å². The van der Waals surface area contributed by atoms with Gasteiger partial charge in [-0.2, -0.15) is 0 Å². The molecule has 0 unspecified atom stereocenters. The van der Waals surface area contributed by atoms with Crippen molar-refractivity contribution >= 4 is 11.7 Å². The molecular weight excluding hydrogens is 298 g/mol. The SMILES string of the molecule is NC(=O)C1CCN(c2ccc([C@@H]3C[C@H]3c3ccccc3)cn2)CC1. The van der Waals surface area contributed by atoms with Crippen LogP contribution in [-0.2, 0) is 4.79 Å². The molecule has 24 heavy (non-hydrogen) atoms. The van der Waals surface area contributed by atoms with Gasteiger partial charge in [0.05, 0.1) is 0 Å². The van der Waals surface area contributed by atoms with E-state index in [9.17, 15) is 4.79 Å². The van der Waals surface area contributed by atoms with E-state index in [4.69, 9.17) is 5.73 Å². The molecule has 124 valence electrons. The number of aromatic nitrogens is 1. The van der Waals surface area contributed by atoms with E-state index in [1.807, 2.05) is 6.20 Å². The van der Waals surface area contributed by atoms with Crippen molar-refractivity contribution in [2.24, 2.45) is 11.7 Å². The number of piperidine rings is 1. The highest BCUT2D eigenvalue weighted by atomic mass is 16.1. The van der Waals surface area contributed by atoms with Crippen LogP contribution in [0.15, 0.2) is 48.7 Å². The van der Waals surface area contributed by atoms with Crippen LogP contribution >= 0.6 is 0 Å². The number of benzene rings is 1. The van der Waals surface area contributed by atoms with Gasteiger partial charge in [0.15, 0.2) is 0 Å². The highest BCUT2D eigenvalue weighted by Crippen LogP contribution is 2.54. The Morgan fingerprint density at radius 2 is 1.71 bits per heavy atom. The second kappa shape index (κ2) is 6.27. The molecule has 0 radical (unpaired) electrons. The molecule has 1 aliphatic carbocycles. The summed E-state index contributed by atoms with van der Waals surface area (Å²) >= 11 is 0. The van der Waals surface area contributed by atoms with E-state index >= 15 is 0 Å². The molecule has 2 atom stereocenters. The van der Waals surface area contributed by atoms with Crippen LogP contribution in [0, 0.1) is 5.92 Å². The minimum atomic E-state index is -0.168. The number of carbonyl (C=O) groups is 1. The third kappa shape index (κ3) is 3.01. The minimum Gasteiger partial charge on any atom is -0.369 e. The van der Waals surface area contributed by atoms with Gasteiger partial charge in [-0.3, -0.25) is 4.79 Å². The van der Waals surface area contributed by atoms with Gasteiger partial charge in [0.2, 0.25) is 5.91 Å². The summed E-state index contributed by atoms with van der Waals surface area (Å²) in [6, 6.07) is 15.1. The molecule has 2 heterocycles. The molecular formula is C20H23N3O. The Bertz CT molecular complexity index is 705. The van der Waals surface area contributed by atoms with Gasteiger partial charge in [-0.25, -0.2) is 4.98 Å². The zero-order valence-electron chi connectivity index (χ0n) is 13.8. The summed E-state index contributed by atoms with van der Waals surface area (Å²) in [7, 11) is 0. The lowest BCUT2D eigenvalue weighted by atomic mass is 9.96.